The molecule has 0 aromatic heterocycles. The van der Waals surface area contributed by atoms with Crippen molar-refractivity contribution in [1.82, 2.24) is 5.32 Å². The number of nitrogens with one attached hydrogen (secondary N) is 1. The Hall–Kier alpha value is -1.69. The standard InChI is InChI=1S/C10H12N2O/c1-8(12-7-11)9-4-3-5-10(6-9)13-2/h3-6,8,12H,1-2H3/t8-/m0/s1. The Kier molecular flexibility index (Phi) is 3.15. The van der Waals surface area contributed by atoms with Crippen molar-refractivity contribution in [2.45, 2.75) is 13.0 Å². The van der Waals surface area contributed by atoms with Gasteiger partial charge in [0.05, 0.1) is 13.2 Å². The number of nitrogens with zero attached hydrogens (tertiary/aromatic N) is 1. The summed E-state index contributed by atoms with van der Waals surface area (Å²) in [6.45, 7) is 1.93. The zero-order chi connectivity index (χ0) is 9.68. The SMILES string of the molecule is COc1cccc([C@H](C)NC#N)c1. The lowest BCUT2D eigenvalue weighted by atomic mass is 10.1. The molecule has 1 N–H and O–H groups in total. The molecule has 0 unspecified atom stereocenters. The Bertz CT molecular complexity index is 317. The van der Waals surface area contributed by atoms with Gasteiger partial charge in [0.1, 0.15) is 5.75 Å². The minimum Gasteiger partial charge on any atom is -0.497 e. The Morgan fingerprint density at radius 2 is 2.31 bits per heavy atom. The van der Waals surface area contributed by atoms with Crippen LogP contribution in [-0.2, 0) is 0 Å². The van der Waals surface area contributed by atoms with Gasteiger partial charge in [-0.3, -0.25) is 0 Å². The number of benzene rings is 1. The maximum Gasteiger partial charge on any atom is 0.177 e. The van der Waals surface area contributed by atoms with Crippen molar-refractivity contribution >= 4 is 0 Å². The molecule has 3 nitrogen and oxygen atoms in total. The van der Waals surface area contributed by atoms with E-state index in [0.29, 0.717) is 0 Å². The molecule has 0 aliphatic carbocycles. The van der Waals surface area contributed by atoms with Crippen LogP contribution in [0.2, 0.25) is 0 Å². The molecular weight excluding hydrogens is 164 g/mol. The molecule has 1 atom stereocenters. The first-order valence-electron chi connectivity index (χ1n) is 4.06. The van der Waals surface area contributed by atoms with Crippen LogP contribution in [-0.4, -0.2) is 7.11 Å². The Morgan fingerprint density at radius 3 is 2.92 bits per heavy atom. The average molecular weight is 176 g/mol. The minimum absolute atomic E-state index is 0.0279. The normalized spacial score (nSPS) is 11.5. The van der Waals surface area contributed by atoms with Gasteiger partial charge in [-0.15, -0.1) is 0 Å². The predicted molar refractivity (Wildman–Crippen MR) is 50.2 cm³/mol. The van der Waals surface area contributed by atoms with Crippen molar-refractivity contribution < 1.29 is 4.74 Å². The second kappa shape index (κ2) is 4.36. The van der Waals surface area contributed by atoms with Gasteiger partial charge in [-0.05, 0) is 24.6 Å². The summed E-state index contributed by atoms with van der Waals surface area (Å²) in [7, 11) is 1.63. The first-order valence-corrected chi connectivity index (χ1v) is 4.06. The molecule has 13 heavy (non-hydrogen) atoms. The molecule has 3 heteroatoms. The lowest BCUT2D eigenvalue weighted by Crippen LogP contribution is -2.11. The lowest BCUT2D eigenvalue weighted by molar-refractivity contribution is 0.413. The van der Waals surface area contributed by atoms with Crippen LogP contribution in [0.1, 0.15) is 18.5 Å². The van der Waals surface area contributed by atoms with Crippen LogP contribution >= 0.6 is 0 Å². The molecule has 68 valence electrons. The first-order chi connectivity index (χ1) is 6.27. The van der Waals surface area contributed by atoms with E-state index in [1.165, 1.54) is 0 Å². The molecule has 0 radical (unpaired) electrons. The van der Waals surface area contributed by atoms with E-state index >= 15 is 0 Å². The molecule has 1 rings (SSSR count). The van der Waals surface area contributed by atoms with Crippen LogP contribution in [0.25, 0.3) is 0 Å². The maximum atomic E-state index is 8.43. The largest absolute Gasteiger partial charge is 0.497 e. The van der Waals surface area contributed by atoms with Crippen LogP contribution in [0, 0.1) is 11.5 Å². The van der Waals surface area contributed by atoms with Gasteiger partial charge in [0.15, 0.2) is 6.19 Å². The smallest absolute Gasteiger partial charge is 0.177 e. The van der Waals surface area contributed by atoms with Crippen LogP contribution < -0.4 is 10.1 Å². The second-order valence-electron chi connectivity index (χ2n) is 2.75. The summed E-state index contributed by atoms with van der Waals surface area (Å²) < 4.78 is 5.07. The van der Waals surface area contributed by atoms with Crippen LogP contribution in [0.3, 0.4) is 0 Å². The lowest BCUT2D eigenvalue weighted by Gasteiger charge is -2.10. The van der Waals surface area contributed by atoms with Crippen molar-refractivity contribution in [3.8, 4) is 11.9 Å². The summed E-state index contributed by atoms with van der Waals surface area (Å²) >= 11 is 0. The third kappa shape index (κ3) is 2.38. The molecule has 0 bridgehead atoms. The van der Waals surface area contributed by atoms with Crippen LogP contribution in [0.15, 0.2) is 24.3 Å². The van der Waals surface area contributed by atoms with Gasteiger partial charge in [0.2, 0.25) is 0 Å². The van der Waals surface area contributed by atoms with Crippen LogP contribution in [0.4, 0.5) is 0 Å². The molecule has 0 aliphatic heterocycles. The molecule has 1 aromatic carbocycles. The van der Waals surface area contributed by atoms with E-state index in [0.717, 1.165) is 11.3 Å². The summed E-state index contributed by atoms with van der Waals surface area (Å²) in [6.07, 6.45) is 1.91. The summed E-state index contributed by atoms with van der Waals surface area (Å²) in [6, 6.07) is 7.68. The Balaban J connectivity index is 2.83. The fraction of sp³-hybridized carbons (Fsp3) is 0.300. The van der Waals surface area contributed by atoms with Gasteiger partial charge >= 0.3 is 0 Å². The third-order valence-corrected chi connectivity index (χ3v) is 1.87. The number of methoxy groups -OCH3 is 1. The maximum absolute atomic E-state index is 8.43. The molecule has 0 heterocycles. The van der Waals surface area contributed by atoms with Crippen molar-refractivity contribution in [3.63, 3.8) is 0 Å². The van der Waals surface area contributed by atoms with E-state index in [2.05, 4.69) is 5.32 Å². The van der Waals surface area contributed by atoms with Gasteiger partial charge in [0, 0.05) is 0 Å². The van der Waals surface area contributed by atoms with Crippen LogP contribution in [0.5, 0.6) is 5.75 Å². The van der Waals surface area contributed by atoms with E-state index in [4.69, 9.17) is 10.00 Å². The number of hydrogen-bond acceptors (Lipinski definition) is 3. The Morgan fingerprint density at radius 1 is 1.54 bits per heavy atom. The molecule has 0 saturated heterocycles. The van der Waals surface area contributed by atoms with E-state index in [9.17, 15) is 0 Å². The van der Waals surface area contributed by atoms with Crippen molar-refractivity contribution in [2.24, 2.45) is 0 Å². The summed E-state index contributed by atoms with van der Waals surface area (Å²) in [4.78, 5) is 0. The fourth-order valence-electron chi connectivity index (χ4n) is 1.09. The average Bonchev–Trinajstić information content (AvgIpc) is 2.18. The van der Waals surface area contributed by atoms with Gasteiger partial charge in [-0.25, -0.2) is 0 Å². The minimum atomic E-state index is 0.0279. The van der Waals surface area contributed by atoms with Crippen molar-refractivity contribution in [3.05, 3.63) is 29.8 Å². The molecule has 0 fully saturated rings. The van der Waals surface area contributed by atoms with Gasteiger partial charge in [0.25, 0.3) is 0 Å². The molecule has 0 amide bonds. The number of ether oxygens (including phenoxy) is 1. The molecule has 1 aromatic rings. The molecular formula is C10H12N2O. The van der Waals surface area contributed by atoms with E-state index in [1.54, 1.807) is 7.11 Å². The van der Waals surface area contributed by atoms with E-state index < -0.39 is 0 Å². The Labute approximate surface area is 77.9 Å². The summed E-state index contributed by atoms with van der Waals surface area (Å²) in [5.74, 6) is 0.809. The highest BCUT2D eigenvalue weighted by atomic mass is 16.5. The monoisotopic (exact) mass is 176 g/mol. The van der Waals surface area contributed by atoms with Crippen molar-refractivity contribution in [2.75, 3.05) is 7.11 Å². The molecule has 0 saturated carbocycles. The van der Waals surface area contributed by atoms with E-state index in [1.807, 2.05) is 37.4 Å². The zero-order valence-electron chi connectivity index (χ0n) is 7.74. The predicted octanol–water partition coefficient (Wildman–Crippen LogP) is 1.83. The van der Waals surface area contributed by atoms with Gasteiger partial charge in [-0.2, -0.15) is 5.26 Å². The number of nitriles is 1. The summed E-state index contributed by atoms with van der Waals surface area (Å²) in [5.41, 5.74) is 1.04. The van der Waals surface area contributed by atoms with Crippen molar-refractivity contribution in [1.29, 1.82) is 5.26 Å². The third-order valence-electron chi connectivity index (χ3n) is 1.87. The fourth-order valence-corrected chi connectivity index (χ4v) is 1.09. The highest BCUT2D eigenvalue weighted by molar-refractivity contribution is 5.30. The second-order valence-corrected chi connectivity index (χ2v) is 2.75. The number of hydrogen-bond donors (Lipinski definition) is 1. The number of rotatable bonds is 3. The van der Waals surface area contributed by atoms with Gasteiger partial charge < -0.3 is 10.1 Å². The highest BCUT2D eigenvalue weighted by Crippen LogP contribution is 2.18. The van der Waals surface area contributed by atoms with E-state index in [-0.39, 0.29) is 6.04 Å². The first kappa shape index (κ1) is 9.40. The van der Waals surface area contributed by atoms with Gasteiger partial charge in [-0.1, -0.05) is 12.1 Å². The molecule has 0 aliphatic rings. The summed E-state index contributed by atoms with van der Waals surface area (Å²) in [5, 5.41) is 11.1. The highest BCUT2D eigenvalue weighted by Gasteiger charge is 2.03. The topological polar surface area (TPSA) is 45.0 Å². The zero-order valence-corrected chi connectivity index (χ0v) is 7.74. The molecule has 0 spiro atoms. The quantitative estimate of drug-likeness (QED) is 0.564.